The minimum absolute atomic E-state index is 0.00984. The third kappa shape index (κ3) is 4.79. The lowest BCUT2D eigenvalue weighted by molar-refractivity contribution is 0.0895. The molecule has 1 aliphatic heterocycles. The number of piperidine rings is 1. The van der Waals surface area contributed by atoms with E-state index in [9.17, 15) is 4.79 Å². The SMILES string of the molecule is CC(C)(C)n1nc(C(=O)NC2CCN(CC3CCCCC3)CC2)cc1C1CC1. The Hall–Kier alpha value is -1.36. The average Bonchev–Trinajstić information content (AvgIpc) is 3.41. The van der Waals surface area contributed by atoms with Gasteiger partial charge in [0.05, 0.1) is 5.54 Å². The van der Waals surface area contributed by atoms with Crippen molar-refractivity contribution in [1.29, 1.82) is 0 Å². The number of hydrogen-bond donors (Lipinski definition) is 1. The first-order chi connectivity index (χ1) is 13.4. The largest absolute Gasteiger partial charge is 0.348 e. The van der Waals surface area contributed by atoms with Gasteiger partial charge in [-0.25, -0.2) is 0 Å². The van der Waals surface area contributed by atoms with Crippen molar-refractivity contribution in [3.05, 3.63) is 17.5 Å². The molecule has 2 heterocycles. The number of nitrogens with one attached hydrogen (secondary N) is 1. The molecule has 0 atom stereocenters. The van der Waals surface area contributed by atoms with E-state index in [-0.39, 0.29) is 11.4 Å². The fourth-order valence-electron chi connectivity index (χ4n) is 4.97. The number of carbonyl (C=O) groups excluding carboxylic acids is 1. The molecule has 1 aromatic heterocycles. The van der Waals surface area contributed by atoms with Crippen LogP contribution in [0.25, 0.3) is 0 Å². The van der Waals surface area contributed by atoms with Gasteiger partial charge in [0.25, 0.3) is 5.91 Å². The number of carbonyl (C=O) groups is 1. The van der Waals surface area contributed by atoms with E-state index in [1.54, 1.807) is 0 Å². The second-order valence-electron chi connectivity index (χ2n) is 10.4. The highest BCUT2D eigenvalue weighted by molar-refractivity contribution is 5.92. The topological polar surface area (TPSA) is 50.2 Å². The minimum atomic E-state index is -0.0824. The maximum absolute atomic E-state index is 12.8. The summed E-state index contributed by atoms with van der Waals surface area (Å²) in [6.07, 6.45) is 11.7. The summed E-state index contributed by atoms with van der Waals surface area (Å²) in [5.74, 6) is 1.51. The predicted molar refractivity (Wildman–Crippen MR) is 113 cm³/mol. The smallest absolute Gasteiger partial charge is 0.272 e. The molecule has 3 aliphatic rings. The number of hydrogen-bond acceptors (Lipinski definition) is 3. The van der Waals surface area contributed by atoms with Gasteiger partial charge < -0.3 is 10.2 Å². The fraction of sp³-hybridized carbons (Fsp3) is 0.826. The molecule has 5 nitrogen and oxygen atoms in total. The summed E-state index contributed by atoms with van der Waals surface area (Å²) in [5.41, 5.74) is 1.75. The molecule has 4 rings (SSSR count). The Balaban J connectivity index is 1.30. The number of likely N-dealkylation sites (tertiary alicyclic amines) is 1. The number of aromatic nitrogens is 2. The van der Waals surface area contributed by atoms with E-state index < -0.39 is 0 Å². The summed E-state index contributed by atoms with van der Waals surface area (Å²) < 4.78 is 2.08. The van der Waals surface area contributed by atoms with Crippen molar-refractivity contribution >= 4 is 5.91 Å². The van der Waals surface area contributed by atoms with Crippen molar-refractivity contribution in [2.45, 2.75) is 96.1 Å². The summed E-state index contributed by atoms with van der Waals surface area (Å²) >= 11 is 0. The summed E-state index contributed by atoms with van der Waals surface area (Å²) in [5, 5.41) is 7.96. The van der Waals surface area contributed by atoms with Crippen LogP contribution in [-0.4, -0.2) is 46.3 Å². The van der Waals surface area contributed by atoms with Crippen LogP contribution in [0, 0.1) is 5.92 Å². The Morgan fingerprint density at radius 2 is 1.75 bits per heavy atom. The summed E-state index contributed by atoms with van der Waals surface area (Å²) in [6, 6.07) is 2.33. The second kappa shape index (κ2) is 8.17. The zero-order valence-electron chi connectivity index (χ0n) is 18.0. The van der Waals surface area contributed by atoms with Crippen molar-refractivity contribution in [3.63, 3.8) is 0 Å². The Morgan fingerprint density at radius 3 is 2.36 bits per heavy atom. The third-order valence-corrected chi connectivity index (χ3v) is 6.76. The summed E-state index contributed by atoms with van der Waals surface area (Å²) in [7, 11) is 0. The van der Waals surface area contributed by atoms with Gasteiger partial charge in [0.2, 0.25) is 0 Å². The molecule has 0 aromatic carbocycles. The highest BCUT2D eigenvalue weighted by Crippen LogP contribution is 2.41. The molecule has 5 heteroatoms. The van der Waals surface area contributed by atoms with E-state index in [4.69, 9.17) is 5.10 Å². The van der Waals surface area contributed by atoms with Gasteiger partial charge in [-0.3, -0.25) is 9.48 Å². The van der Waals surface area contributed by atoms with Crippen LogP contribution < -0.4 is 5.32 Å². The first kappa shape index (κ1) is 19.9. The zero-order chi connectivity index (χ0) is 19.7. The van der Waals surface area contributed by atoms with Crippen LogP contribution in [0.15, 0.2) is 6.07 Å². The normalized spacial score (nSPS) is 23.1. The average molecular weight is 387 g/mol. The Bertz CT molecular complexity index is 671. The van der Waals surface area contributed by atoms with Crippen LogP contribution in [0.4, 0.5) is 0 Å². The molecule has 2 aliphatic carbocycles. The quantitative estimate of drug-likeness (QED) is 0.821. The summed E-state index contributed by atoms with van der Waals surface area (Å²) in [6.45, 7) is 9.98. The van der Waals surface area contributed by atoms with Gasteiger partial charge in [-0.15, -0.1) is 0 Å². The number of rotatable bonds is 5. The van der Waals surface area contributed by atoms with E-state index in [1.807, 2.05) is 6.07 Å². The van der Waals surface area contributed by atoms with Gasteiger partial charge in [-0.05, 0) is 71.3 Å². The first-order valence-electron chi connectivity index (χ1n) is 11.5. The third-order valence-electron chi connectivity index (χ3n) is 6.76. The van der Waals surface area contributed by atoms with Gasteiger partial charge in [-0.1, -0.05) is 19.3 Å². The van der Waals surface area contributed by atoms with Crippen LogP contribution in [-0.2, 0) is 5.54 Å². The molecular weight excluding hydrogens is 348 g/mol. The number of amides is 1. The van der Waals surface area contributed by atoms with Crippen LogP contribution >= 0.6 is 0 Å². The van der Waals surface area contributed by atoms with Gasteiger partial charge in [0.15, 0.2) is 0 Å². The van der Waals surface area contributed by atoms with Crippen molar-refractivity contribution in [3.8, 4) is 0 Å². The zero-order valence-corrected chi connectivity index (χ0v) is 18.0. The van der Waals surface area contributed by atoms with Gasteiger partial charge in [0.1, 0.15) is 5.69 Å². The first-order valence-corrected chi connectivity index (χ1v) is 11.5. The lowest BCUT2D eigenvalue weighted by atomic mass is 9.88. The monoisotopic (exact) mass is 386 g/mol. The predicted octanol–water partition coefficient (Wildman–Crippen LogP) is 4.29. The molecule has 0 spiro atoms. The highest BCUT2D eigenvalue weighted by atomic mass is 16.2. The molecule has 156 valence electrons. The molecule has 0 radical (unpaired) electrons. The fourth-order valence-corrected chi connectivity index (χ4v) is 4.97. The molecule has 1 N–H and O–H groups in total. The molecular formula is C23H38N4O. The molecule has 28 heavy (non-hydrogen) atoms. The lowest BCUT2D eigenvalue weighted by Gasteiger charge is -2.35. The molecule has 3 fully saturated rings. The molecule has 1 aromatic rings. The van der Waals surface area contributed by atoms with Crippen LogP contribution in [0.1, 0.15) is 101 Å². The van der Waals surface area contributed by atoms with Crippen LogP contribution in [0.5, 0.6) is 0 Å². The Morgan fingerprint density at radius 1 is 1.07 bits per heavy atom. The Labute approximate surface area is 170 Å². The van der Waals surface area contributed by atoms with E-state index in [0.29, 0.717) is 17.7 Å². The molecule has 2 saturated carbocycles. The molecule has 1 saturated heterocycles. The lowest BCUT2D eigenvalue weighted by Crippen LogP contribution is -2.46. The van der Waals surface area contributed by atoms with Gasteiger partial charge >= 0.3 is 0 Å². The second-order valence-corrected chi connectivity index (χ2v) is 10.4. The molecule has 0 bridgehead atoms. The maximum Gasteiger partial charge on any atom is 0.272 e. The Kier molecular flexibility index (Phi) is 5.82. The van der Waals surface area contributed by atoms with Gasteiger partial charge in [-0.2, -0.15) is 5.10 Å². The molecule has 1 amide bonds. The van der Waals surface area contributed by atoms with E-state index >= 15 is 0 Å². The van der Waals surface area contributed by atoms with Gasteiger partial charge in [0, 0.05) is 37.3 Å². The maximum atomic E-state index is 12.8. The van der Waals surface area contributed by atoms with E-state index in [1.165, 1.54) is 57.2 Å². The van der Waals surface area contributed by atoms with E-state index in [2.05, 4.69) is 35.7 Å². The number of nitrogens with zero attached hydrogens (tertiary/aromatic N) is 3. The summed E-state index contributed by atoms with van der Waals surface area (Å²) in [4.78, 5) is 15.5. The highest BCUT2D eigenvalue weighted by Gasteiger charge is 2.33. The van der Waals surface area contributed by atoms with Crippen molar-refractivity contribution in [2.24, 2.45) is 5.92 Å². The molecule has 0 unspecified atom stereocenters. The van der Waals surface area contributed by atoms with Crippen LogP contribution in [0.2, 0.25) is 0 Å². The van der Waals surface area contributed by atoms with Crippen molar-refractivity contribution < 1.29 is 4.79 Å². The standard InChI is InChI=1S/C23H38N4O/c1-23(2,3)27-21(18-9-10-18)15-20(25-27)22(28)24-19-11-13-26(14-12-19)16-17-7-5-4-6-8-17/h15,17-19H,4-14,16H2,1-3H3,(H,24,28). The van der Waals surface area contributed by atoms with Crippen LogP contribution in [0.3, 0.4) is 0 Å². The van der Waals surface area contributed by atoms with E-state index in [0.717, 1.165) is 31.8 Å². The minimum Gasteiger partial charge on any atom is -0.348 e. The van der Waals surface area contributed by atoms with Crippen molar-refractivity contribution in [1.82, 2.24) is 20.0 Å². The van der Waals surface area contributed by atoms with Crippen molar-refractivity contribution in [2.75, 3.05) is 19.6 Å².